The molecule has 0 aliphatic carbocycles. The van der Waals surface area contributed by atoms with E-state index in [-0.39, 0.29) is 11.6 Å². The molecule has 4 heteroatoms. The SMILES string of the molecule is Cc1nc(-c2cc(F)ccc2O)cs1. The summed E-state index contributed by atoms with van der Waals surface area (Å²) in [6.07, 6.45) is 0. The molecule has 1 aromatic carbocycles. The first-order valence-electron chi connectivity index (χ1n) is 4.08. The van der Waals surface area contributed by atoms with Crippen molar-refractivity contribution in [3.8, 4) is 17.0 Å². The smallest absolute Gasteiger partial charge is 0.125 e. The lowest BCUT2D eigenvalue weighted by Gasteiger charge is -2.00. The quantitative estimate of drug-likeness (QED) is 0.783. The van der Waals surface area contributed by atoms with Gasteiger partial charge in [0, 0.05) is 10.9 Å². The molecule has 2 rings (SSSR count). The summed E-state index contributed by atoms with van der Waals surface area (Å²) in [5.41, 5.74) is 1.05. The summed E-state index contributed by atoms with van der Waals surface area (Å²) in [4.78, 5) is 4.17. The maximum absolute atomic E-state index is 12.9. The van der Waals surface area contributed by atoms with Gasteiger partial charge in [0.15, 0.2) is 0 Å². The fraction of sp³-hybridized carbons (Fsp3) is 0.100. The number of rotatable bonds is 1. The number of hydrogen-bond donors (Lipinski definition) is 1. The molecule has 2 aromatic rings. The Morgan fingerprint density at radius 3 is 2.86 bits per heavy atom. The standard InChI is InChI=1S/C10H8FNOS/c1-6-12-9(5-14-6)8-4-7(11)2-3-10(8)13/h2-5,13H,1H3. The van der Waals surface area contributed by atoms with Gasteiger partial charge in [-0.2, -0.15) is 0 Å². The highest BCUT2D eigenvalue weighted by Crippen LogP contribution is 2.30. The topological polar surface area (TPSA) is 33.1 Å². The summed E-state index contributed by atoms with van der Waals surface area (Å²) >= 11 is 1.47. The van der Waals surface area contributed by atoms with Crippen LogP contribution in [0.4, 0.5) is 4.39 Å². The third-order valence-electron chi connectivity index (χ3n) is 1.85. The van der Waals surface area contributed by atoms with Gasteiger partial charge in [-0.05, 0) is 25.1 Å². The summed E-state index contributed by atoms with van der Waals surface area (Å²) in [5, 5.41) is 12.2. The summed E-state index contributed by atoms with van der Waals surface area (Å²) in [7, 11) is 0. The van der Waals surface area contributed by atoms with E-state index < -0.39 is 0 Å². The zero-order valence-electron chi connectivity index (χ0n) is 7.49. The van der Waals surface area contributed by atoms with Crippen molar-refractivity contribution >= 4 is 11.3 Å². The number of aryl methyl sites for hydroxylation is 1. The van der Waals surface area contributed by atoms with Gasteiger partial charge in [-0.25, -0.2) is 9.37 Å². The second-order valence-corrected chi connectivity index (χ2v) is 3.98. The number of aromatic hydroxyl groups is 1. The number of benzene rings is 1. The van der Waals surface area contributed by atoms with Gasteiger partial charge in [-0.15, -0.1) is 11.3 Å². The Balaban J connectivity index is 2.55. The molecule has 0 aliphatic heterocycles. The summed E-state index contributed by atoms with van der Waals surface area (Å²) in [5.74, 6) is -0.319. The zero-order valence-corrected chi connectivity index (χ0v) is 8.31. The Labute approximate surface area is 84.7 Å². The lowest BCUT2D eigenvalue weighted by atomic mass is 10.1. The normalized spacial score (nSPS) is 10.4. The molecule has 0 saturated carbocycles. The van der Waals surface area contributed by atoms with E-state index in [1.165, 1.54) is 29.5 Å². The molecule has 1 N–H and O–H groups in total. The lowest BCUT2D eigenvalue weighted by molar-refractivity contribution is 0.475. The first kappa shape index (κ1) is 9.15. The van der Waals surface area contributed by atoms with Crippen LogP contribution in [0.5, 0.6) is 5.75 Å². The van der Waals surface area contributed by atoms with Crippen LogP contribution in [0.15, 0.2) is 23.6 Å². The molecular formula is C10H8FNOS. The molecule has 0 radical (unpaired) electrons. The average Bonchev–Trinajstić information content (AvgIpc) is 2.56. The van der Waals surface area contributed by atoms with Gasteiger partial charge in [0.25, 0.3) is 0 Å². The monoisotopic (exact) mass is 209 g/mol. The van der Waals surface area contributed by atoms with Gasteiger partial charge in [-0.3, -0.25) is 0 Å². The summed E-state index contributed by atoms with van der Waals surface area (Å²) in [6, 6.07) is 3.83. The van der Waals surface area contributed by atoms with Crippen LogP contribution >= 0.6 is 11.3 Å². The lowest BCUT2D eigenvalue weighted by Crippen LogP contribution is -1.82. The van der Waals surface area contributed by atoms with Crippen molar-refractivity contribution in [3.63, 3.8) is 0 Å². The Kier molecular flexibility index (Phi) is 2.21. The van der Waals surface area contributed by atoms with E-state index in [1.807, 2.05) is 6.92 Å². The highest BCUT2D eigenvalue weighted by atomic mass is 32.1. The second-order valence-electron chi connectivity index (χ2n) is 2.91. The molecular weight excluding hydrogens is 201 g/mol. The van der Waals surface area contributed by atoms with Crippen molar-refractivity contribution in [2.45, 2.75) is 6.92 Å². The molecule has 0 atom stereocenters. The summed E-state index contributed by atoms with van der Waals surface area (Å²) < 4.78 is 12.9. The number of thiazole rings is 1. The van der Waals surface area contributed by atoms with Gasteiger partial charge in [0.2, 0.25) is 0 Å². The highest BCUT2D eigenvalue weighted by molar-refractivity contribution is 7.09. The van der Waals surface area contributed by atoms with Gasteiger partial charge >= 0.3 is 0 Å². The van der Waals surface area contributed by atoms with Crippen LogP contribution < -0.4 is 0 Å². The maximum Gasteiger partial charge on any atom is 0.125 e. The van der Waals surface area contributed by atoms with Crippen LogP contribution in [0.1, 0.15) is 5.01 Å². The largest absolute Gasteiger partial charge is 0.507 e. The van der Waals surface area contributed by atoms with Crippen molar-refractivity contribution in [1.29, 1.82) is 0 Å². The molecule has 0 amide bonds. The van der Waals surface area contributed by atoms with E-state index in [9.17, 15) is 9.50 Å². The number of phenolic OH excluding ortho intramolecular Hbond substituents is 1. The van der Waals surface area contributed by atoms with Crippen molar-refractivity contribution in [3.05, 3.63) is 34.4 Å². The van der Waals surface area contributed by atoms with Crippen molar-refractivity contribution in [2.75, 3.05) is 0 Å². The molecule has 0 fully saturated rings. The minimum atomic E-state index is -0.372. The molecule has 1 aromatic heterocycles. The number of aromatic nitrogens is 1. The van der Waals surface area contributed by atoms with E-state index >= 15 is 0 Å². The van der Waals surface area contributed by atoms with E-state index in [4.69, 9.17) is 0 Å². The fourth-order valence-corrected chi connectivity index (χ4v) is 1.81. The third kappa shape index (κ3) is 1.61. The Bertz CT molecular complexity index is 467. The van der Waals surface area contributed by atoms with Crippen LogP contribution in [0.3, 0.4) is 0 Å². The first-order valence-corrected chi connectivity index (χ1v) is 4.96. The van der Waals surface area contributed by atoms with Gasteiger partial charge in [-0.1, -0.05) is 0 Å². The predicted octanol–water partition coefficient (Wildman–Crippen LogP) is 2.96. The van der Waals surface area contributed by atoms with E-state index in [0.717, 1.165) is 5.01 Å². The van der Waals surface area contributed by atoms with Crippen LogP contribution in [0.25, 0.3) is 11.3 Å². The van der Waals surface area contributed by atoms with Crippen LogP contribution in [0, 0.1) is 12.7 Å². The molecule has 0 aliphatic rings. The fourth-order valence-electron chi connectivity index (χ4n) is 1.20. The average molecular weight is 209 g/mol. The highest BCUT2D eigenvalue weighted by Gasteiger charge is 2.08. The molecule has 0 unspecified atom stereocenters. The van der Waals surface area contributed by atoms with Crippen LogP contribution in [-0.2, 0) is 0 Å². The molecule has 0 saturated heterocycles. The van der Waals surface area contributed by atoms with Crippen LogP contribution in [-0.4, -0.2) is 10.1 Å². The third-order valence-corrected chi connectivity index (χ3v) is 2.63. The van der Waals surface area contributed by atoms with Gasteiger partial charge in [0.05, 0.1) is 10.7 Å². The van der Waals surface area contributed by atoms with Crippen LogP contribution in [0.2, 0.25) is 0 Å². The van der Waals surface area contributed by atoms with Crippen molar-refractivity contribution in [1.82, 2.24) is 4.98 Å². The number of nitrogens with zero attached hydrogens (tertiary/aromatic N) is 1. The van der Waals surface area contributed by atoms with E-state index in [0.29, 0.717) is 11.3 Å². The molecule has 0 bridgehead atoms. The number of hydrogen-bond acceptors (Lipinski definition) is 3. The number of halogens is 1. The van der Waals surface area contributed by atoms with E-state index in [2.05, 4.69) is 4.98 Å². The van der Waals surface area contributed by atoms with Crippen molar-refractivity contribution in [2.24, 2.45) is 0 Å². The molecule has 14 heavy (non-hydrogen) atoms. The van der Waals surface area contributed by atoms with Crippen molar-refractivity contribution < 1.29 is 9.50 Å². The zero-order chi connectivity index (χ0) is 10.1. The molecule has 0 spiro atoms. The Hall–Kier alpha value is -1.42. The predicted molar refractivity (Wildman–Crippen MR) is 53.9 cm³/mol. The minimum absolute atomic E-state index is 0.0525. The Morgan fingerprint density at radius 1 is 1.43 bits per heavy atom. The minimum Gasteiger partial charge on any atom is -0.507 e. The maximum atomic E-state index is 12.9. The number of phenols is 1. The molecule has 1 heterocycles. The second kappa shape index (κ2) is 3.38. The first-order chi connectivity index (χ1) is 6.66. The van der Waals surface area contributed by atoms with E-state index in [1.54, 1.807) is 5.38 Å². The summed E-state index contributed by atoms with van der Waals surface area (Å²) in [6.45, 7) is 1.87. The van der Waals surface area contributed by atoms with Gasteiger partial charge < -0.3 is 5.11 Å². The Morgan fingerprint density at radius 2 is 2.21 bits per heavy atom. The molecule has 72 valence electrons. The van der Waals surface area contributed by atoms with Gasteiger partial charge in [0.1, 0.15) is 11.6 Å². The molecule has 2 nitrogen and oxygen atoms in total.